The van der Waals surface area contributed by atoms with Crippen LogP contribution in [0.25, 0.3) is 10.4 Å². The maximum Gasteiger partial charge on any atom is 0.400 e. The molecule has 2 aromatic rings. The smallest absolute Gasteiger partial charge is 0.369 e. The molecule has 0 unspecified atom stereocenters. The lowest BCUT2D eigenvalue weighted by Crippen LogP contribution is -2.40. The van der Waals surface area contributed by atoms with Gasteiger partial charge >= 0.3 is 6.18 Å². The van der Waals surface area contributed by atoms with Crippen LogP contribution in [0.5, 0.6) is 0 Å². The fourth-order valence-corrected chi connectivity index (χ4v) is 8.44. The third kappa shape index (κ3) is 5.64. The second-order valence-electron chi connectivity index (χ2n) is 11.3. The minimum atomic E-state index is -4.45. The Balaban J connectivity index is 1.52. The molecule has 3 aliphatic rings. The number of aromatic nitrogens is 1. The van der Waals surface area contributed by atoms with Crippen LogP contribution < -0.4 is 4.90 Å². The molecular formula is C28H31F4N3O3S2. The van der Waals surface area contributed by atoms with Crippen molar-refractivity contribution in [1.29, 1.82) is 5.26 Å². The maximum absolute atomic E-state index is 14.5. The van der Waals surface area contributed by atoms with Gasteiger partial charge in [-0.05, 0) is 56.7 Å². The van der Waals surface area contributed by atoms with E-state index in [-0.39, 0.29) is 60.8 Å². The molecule has 0 bridgehead atoms. The number of thiazole rings is 1. The van der Waals surface area contributed by atoms with E-state index in [9.17, 15) is 36.0 Å². The standard InChI is InChI=1S/C28H31F4N3O3S2/c1-17(16-33)14-23(36)22-15-19(29)4-7-21(22)24-25(39-26(34-24)27(8-9-27)28(30,31)32)18-2-5-20(6-3-18)35-10-12-40(37,38)13-11-35/h2-3,5-6,17,19,21-22H,4,7-15H2,1H3/t17-,19+,21-,22-/m1/s1. The van der Waals surface area contributed by atoms with Gasteiger partial charge in [0.05, 0.1) is 34.1 Å². The Morgan fingerprint density at radius 3 is 2.42 bits per heavy atom. The van der Waals surface area contributed by atoms with E-state index in [1.165, 1.54) is 0 Å². The molecule has 1 aliphatic heterocycles. The molecule has 6 nitrogen and oxygen atoms in total. The number of Topliss-reactive ketones (excluding diaryl/α,β-unsaturated/α-hetero) is 1. The summed E-state index contributed by atoms with van der Waals surface area (Å²) in [4.78, 5) is 20.3. The largest absolute Gasteiger partial charge is 0.400 e. The van der Waals surface area contributed by atoms with E-state index in [0.29, 0.717) is 29.2 Å². The maximum atomic E-state index is 14.5. The van der Waals surface area contributed by atoms with E-state index in [2.05, 4.69) is 4.98 Å². The Hall–Kier alpha value is -2.52. The summed E-state index contributed by atoms with van der Waals surface area (Å²) in [5, 5.41) is 9.18. The van der Waals surface area contributed by atoms with Crippen LogP contribution >= 0.6 is 11.3 Å². The van der Waals surface area contributed by atoms with Crippen LogP contribution in [0.4, 0.5) is 23.2 Å². The molecule has 0 spiro atoms. The van der Waals surface area contributed by atoms with E-state index in [1.807, 2.05) is 23.1 Å². The predicted octanol–water partition coefficient (Wildman–Crippen LogP) is 5.98. The van der Waals surface area contributed by atoms with Crippen molar-refractivity contribution in [2.75, 3.05) is 29.5 Å². The fourth-order valence-electron chi connectivity index (χ4n) is 5.83. The first-order valence-corrected chi connectivity index (χ1v) is 16.2. The monoisotopic (exact) mass is 597 g/mol. The second kappa shape index (κ2) is 10.7. The number of alkyl halides is 4. The number of hydrogen-bond acceptors (Lipinski definition) is 7. The second-order valence-corrected chi connectivity index (χ2v) is 14.6. The normalized spacial score (nSPS) is 26.6. The number of nitriles is 1. The number of ketones is 1. The van der Waals surface area contributed by atoms with Crippen LogP contribution in [-0.4, -0.2) is 56.1 Å². The molecule has 4 atom stereocenters. The Morgan fingerprint density at radius 1 is 1.20 bits per heavy atom. The topological polar surface area (TPSA) is 91.1 Å². The number of carbonyl (C=O) groups is 1. The highest BCUT2D eigenvalue weighted by Gasteiger charge is 2.66. The average molecular weight is 598 g/mol. The quantitative estimate of drug-likeness (QED) is 0.365. The van der Waals surface area contributed by atoms with Gasteiger partial charge in [0.25, 0.3) is 0 Å². The lowest BCUT2D eigenvalue weighted by molar-refractivity contribution is -0.160. The summed E-state index contributed by atoms with van der Waals surface area (Å²) in [7, 11) is -3.05. The molecule has 216 valence electrons. The lowest BCUT2D eigenvalue weighted by Gasteiger charge is -2.32. The predicted molar refractivity (Wildman–Crippen MR) is 145 cm³/mol. The summed E-state index contributed by atoms with van der Waals surface area (Å²) in [5.74, 6) is -1.98. The number of sulfone groups is 1. The van der Waals surface area contributed by atoms with Gasteiger partial charge in [0.15, 0.2) is 9.84 Å². The van der Waals surface area contributed by atoms with Crippen molar-refractivity contribution in [3.8, 4) is 16.5 Å². The van der Waals surface area contributed by atoms with Gasteiger partial charge in [0, 0.05) is 37.0 Å². The first kappa shape index (κ1) is 29.0. The minimum Gasteiger partial charge on any atom is -0.369 e. The van der Waals surface area contributed by atoms with Crippen molar-refractivity contribution >= 4 is 32.6 Å². The van der Waals surface area contributed by atoms with E-state index in [4.69, 9.17) is 0 Å². The van der Waals surface area contributed by atoms with Gasteiger partial charge in [-0.2, -0.15) is 18.4 Å². The Kier molecular flexibility index (Phi) is 7.76. The number of anilines is 1. The van der Waals surface area contributed by atoms with E-state index in [0.717, 1.165) is 17.0 Å². The molecule has 1 aromatic heterocycles. The van der Waals surface area contributed by atoms with E-state index >= 15 is 0 Å². The van der Waals surface area contributed by atoms with Gasteiger partial charge in [0.1, 0.15) is 22.4 Å². The molecule has 0 N–H and O–H groups in total. The zero-order chi connectivity index (χ0) is 28.9. The highest BCUT2D eigenvalue weighted by molar-refractivity contribution is 7.91. The molecule has 2 aliphatic carbocycles. The highest BCUT2D eigenvalue weighted by atomic mass is 32.2. The van der Waals surface area contributed by atoms with Crippen LogP contribution in [0.3, 0.4) is 0 Å². The van der Waals surface area contributed by atoms with Gasteiger partial charge in [-0.3, -0.25) is 4.79 Å². The summed E-state index contributed by atoms with van der Waals surface area (Å²) in [6.45, 7) is 2.35. The summed E-state index contributed by atoms with van der Waals surface area (Å²) < 4.78 is 80.5. The first-order chi connectivity index (χ1) is 18.8. The average Bonchev–Trinajstić information content (AvgIpc) is 3.62. The van der Waals surface area contributed by atoms with Crippen molar-refractivity contribution < 1.29 is 30.8 Å². The third-order valence-electron chi connectivity index (χ3n) is 8.47. The Labute approximate surface area is 235 Å². The van der Waals surface area contributed by atoms with Crippen LogP contribution in [0.15, 0.2) is 24.3 Å². The zero-order valence-electron chi connectivity index (χ0n) is 22.1. The van der Waals surface area contributed by atoms with Crippen LogP contribution in [-0.2, 0) is 20.0 Å². The summed E-state index contributed by atoms with van der Waals surface area (Å²) in [5.41, 5.74) is -0.114. The zero-order valence-corrected chi connectivity index (χ0v) is 23.7. The SMILES string of the molecule is C[C@@H](C#N)CC(=O)[C@@H]1C[C@@H](F)CC[C@H]1c1nc(C2(C(F)(F)F)CC2)sc1-c1ccc(N2CCS(=O)(=O)CC2)cc1. The van der Waals surface area contributed by atoms with Crippen LogP contribution in [0.1, 0.15) is 62.1 Å². The highest BCUT2D eigenvalue weighted by Crippen LogP contribution is 2.61. The molecule has 1 aromatic carbocycles. The lowest BCUT2D eigenvalue weighted by atomic mass is 9.72. The number of carbonyl (C=O) groups excluding carboxylic acids is 1. The molecule has 5 rings (SSSR count). The minimum absolute atomic E-state index is 0.0192. The van der Waals surface area contributed by atoms with E-state index < -0.39 is 45.4 Å². The molecule has 0 amide bonds. The van der Waals surface area contributed by atoms with Crippen molar-refractivity contribution in [3.63, 3.8) is 0 Å². The Morgan fingerprint density at radius 2 is 1.85 bits per heavy atom. The molecule has 3 fully saturated rings. The van der Waals surface area contributed by atoms with E-state index in [1.54, 1.807) is 19.1 Å². The number of halogens is 4. The first-order valence-electron chi connectivity index (χ1n) is 13.5. The van der Waals surface area contributed by atoms with Crippen molar-refractivity contribution in [3.05, 3.63) is 35.0 Å². The van der Waals surface area contributed by atoms with Crippen LogP contribution in [0.2, 0.25) is 0 Å². The van der Waals surface area contributed by atoms with Gasteiger partial charge < -0.3 is 4.90 Å². The summed E-state index contributed by atoms with van der Waals surface area (Å²) in [6.07, 6.45) is -5.33. The number of nitrogens with zero attached hydrogens (tertiary/aromatic N) is 3. The molecular weight excluding hydrogens is 566 g/mol. The Bertz CT molecular complexity index is 1400. The molecule has 40 heavy (non-hydrogen) atoms. The molecule has 0 radical (unpaired) electrons. The molecule has 2 saturated carbocycles. The van der Waals surface area contributed by atoms with Crippen molar-refractivity contribution in [2.24, 2.45) is 11.8 Å². The molecule has 12 heteroatoms. The number of hydrogen-bond donors (Lipinski definition) is 0. The van der Waals surface area contributed by atoms with Gasteiger partial charge in [-0.15, -0.1) is 11.3 Å². The number of benzene rings is 1. The third-order valence-corrected chi connectivity index (χ3v) is 11.4. The van der Waals surface area contributed by atoms with Gasteiger partial charge in [-0.1, -0.05) is 12.1 Å². The van der Waals surface area contributed by atoms with Crippen molar-refractivity contribution in [1.82, 2.24) is 4.98 Å². The summed E-state index contributed by atoms with van der Waals surface area (Å²) in [6, 6.07) is 9.26. The van der Waals surface area contributed by atoms with Crippen molar-refractivity contribution in [2.45, 2.75) is 69.1 Å². The van der Waals surface area contributed by atoms with Gasteiger partial charge in [-0.25, -0.2) is 17.8 Å². The molecule has 2 heterocycles. The molecule has 1 saturated heterocycles. The summed E-state index contributed by atoms with van der Waals surface area (Å²) >= 11 is 0.995. The van der Waals surface area contributed by atoms with Gasteiger partial charge in [0.2, 0.25) is 0 Å². The van der Waals surface area contributed by atoms with Crippen LogP contribution in [0, 0.1) is 23.2 Å². The number of rotatable bonds is 7. The fraction of sp³-hybridized carbons (Fsp3) is 0.607.